The fourth-order valence-corrected chi connectivity index (χ4v) is 3.96. The Bertz CT molecular complexity index is 661. The number of rotatable bonds is 5. The summed E-state index contributed by atoms with van der Waals surface area (Å²) >= 11 is 0. The highest BCUT2D eigenvalue weighted by Crippen LogP contribution is 2.27. The van der Waals surface area contributed by atoms with Gasteiger partial charge < -0.3 is 5.11 Å². The molecule has 2 rings (SSSR count). The van der Waals surface area contributed by atoms with Crippen LogP contribution in [0.2, 0.25) is 0 Å². The SMILES string of the molecule is N#Cc1ccc(S(=O)(=O)N2CCC(CCC(=O)O)C2)cc1. The number of hydrogen-bond donors (Lipinski definition) is 1. The van der Waals surface area contributed by atoms with Crippen molar-refractivity contribution in [2.75, 3.05) is 13.1 Å². The first-order valence-corrected chi connectivity index (χ1v) is 8.09. The smallest absolute Gasteiger partial charge is 0.303 e. The maximum absolute atomic E-state index is 12.4. The molecule has 1 atom stereocenters. The molecule has 1 unspecified atom stereocenters. The van der Waals surface area contributed by atoms with Crippen molar-refractivity contribution in [2.24, 2.45) is 5.92 Å². The molecule has 0 saturated carbocycles. The minimum atomic E-state index is -3.56. The van der Waals surface area contributed by atoms with E-state index in [0.717, 1.165) is 0 Å². The van der Waals surface area contributed by atoms with Gasteiger partial charge >= 0.3 is 5.97 Å². The predicted molar refractivity (Wildman–Crippen MR) is 74.9 cm³/mol. The van der Waals surface area contributed by atoms with Crippen molar-refractivity contribution in [3.8, 4) is 6.07 Å². The molecular weight excluding hydrogens is 292 g/mol. The number of nitrogens with zero attached hydrogens (tertiary/aromatic N) is 2. The van der Waals surface area contributed by atoms with Gasteiger partial charge in [0, 0.05) is 19.5 Å². The average molecular weight is 308 g/mol. The molecule has 0 bridgehead atoms. The minimum Gasteiger partial charge on any atom is -0.481 e. The maximum Gasteiger partial charge on any atom is 0.303 e. The third-order valence-corrected chi connectivity index (χ3v) is 5.52. The van der Waals surface area contributed by atoms with Gasteiger partial charge in [0.25, 0.3) is 0 Å². The normalized spacial score (nSPS) is 19.3. The van der Waals surface area contributed by atoms with Crippen LogP contribution < -0.4 is 0 Å². The molecule has 0 aromatic heterocycles. The van der Waals surface area contributed by atoms with Crippen molar-refractivity contribution in [2.45, 2.75) is 24.2 Å². The first-order valence-electron chi connectivity index (χ1n) is 6.65. The Kier molecular flexibility index (Phi) is 4.60. The highest BCUT2D eigenvalue weighted by atomic mass is 32.2. The Morgan fingerprint density at radius 3 is 2.62 bits per heavy atom. The fourth-order valence-electron chi connectivity index (χ4n) is 2.43. The summed E-state index contributed by atoms with van der Waals surface area (Å²) < 4.78 is 26.3. The van der Waals surface area contributed by atoms with Crippen LogP contribution in [0.3, 0.4) is 0 Å². The molecule has 1 saturated heterocycles. The molecule has 1 fully saturated rings. The van der Waals surface area contributed by atoms with E-state index in [1.807, 2.05) is 6.07 Å². The van der Waals surface area contributed by atoms with Crippen LogP contribution >= 0.6 is 0 Å². The molecular formula is C14H16N2O4S. The lowest BCUT2D eigenvalue weighted by atomic mass is 10.0. The molecule has 21 heavy (non-hydrogen) atoms. The zero-order valence-corrected chi connectivity index (χ0v) is 12.2. The molecule has 1 aliphatic heterocycles. The second-order valence-corrected chi connectivity index (χ2v) is 7.02. The molecule has 112 valence electrons. The van der Waals surface area contributed by atoms with Gasteiger partial charge in [-0.1, -0.05) is 0 Å². The summed E-state index contributed by atoms with van der Waals surface area (Å²) in [7, 11) is -3.56. The summed E-state index contributed by atoms with van der Waals surface area (Å²) in [5.74, 6) is -0.766. The van der Waals surface area contributed by atoms with Crippen molar-refractivity contribution in [1.82, 2.24) is 4.31 Å². The van der Waals surface area contributed by atoms with Crippen LogP contribution in [0.4, 0.5) is 0 Å². The van der Waals surface area contributed by atoms with Crippen LogP contribution in [0, 0.1) is 17.2 Å². The highest BCUT2D eigenvalue weighted by Gasteiger charge is 2.32. The first-order chi connectivity index (χ1) is 9.93. The predicted octanol–water partition coefficient (Wildman–Crippen LogP) is 1.43. The van der Waals surface area contributed by atoms with Gasteiger partial charge in [-0.3, -0.25) is 4.79 Å². The van der Waals surface area contributed by atoms with Crippen LogP contribution in [0.15, 0.2) is 29.2 Å². The quantitative estimate of drug-likeness (QED) is 0.887. The lowest BCUT2D eigenvalue weighted by Crippen LogP contribution is -2.29. The zero-order valence-electron chi connectivity index (χ0n) is 11.4. The Morgan fingerprint density at radius 1 is 1.38 bits per heavy atom. The number of benzene rings is 1. The largest absolute Gasteiger partial charge is 0.481 e. The van der Waals surface area contributed by atoms with Gasteiger partial charge in [-0.15, -0.1) is 0 Å². The van der Waals surface area contributed by atoms with Gasteiger partial charge in [0.1, 0.15) is 0 Å². The van der Waals surface area contributed by atoms with E-state index in [1.54, 1.807) is 0 Å². The van der Waals surface area contributed by atoms with Crippen molar-refractivity contribution in [3.63, 3.8) is 0 Å². The average Bonchev–Trinajstić information content (AvgIpc) is 2.95. The summed E-state index contributed by atoms with van der Waals surface area (Å²) in [5.41, 5.74) is 0.412. The lowest BCUT2D eigenvalue weighted by Gasteiger charge is -2.16. The van der Waals surface area contributed by atoms with E-state index in [-0.39, 0.29) is 17.2 Å². The summed E-state index contributed by atoms with van der Waals surface area (Å²) in [6.07, 6.45) is 1.24. The summed E-state index contributed by atoms with van der Waals surface area (Å²) in [6, 6.07) is 7.76. The van der Waals surface area contributed by atoms with Crippen LogP contribution in [-0.2, 0) is 14.8 Å². The highest BCUT2D eigenvalue weighted by molar-refractivity contribution is 7.89. The number of aliphatic carboxylic acids is 1. The molecule has 1 aliphatic rings. The van der Waals surface area contributed by atoms with Gasteiger partial charge in [-0.2, -0.15) is 9.57 Å². The molecule has 6 nitrogen and oxygen atoms in total. The van der Waals surface area contributed by atoms with Crippen molar-refractivity contribution in [1.29, 1.82) is 5.26 Å². The summed E-state index contributed by atoms with van der Waals surface area (Å²) in [4.78, 5) is 10.7. The van der Waals surface area contributed by atoms with E-state index >= 15 is 0 Å². The summed E-state index contributed by atoms with van der Waals surface area (Å²) in [6.45, 7) is 0.766. The number of sulfonamides is 1. The van der Waals surface area contributed by atoms with E-state index in [4.69, 9.17) is 10.4 Å². The fraction of sp³-hybridized carbons (Fsp3) is 0.429. The van der Waals surface area contributed by atoms with Crippen molar-refractivity contribution < 1.29 is 18.3 Å². The second kappa shape index (κ2) is 6.24. The third kappa shape index (κ3) is 3.60. The Balaban J connectivity index is 2.07. The monoisotopic (exact) mass is 308 g/mol. The molecule has 0 spiro atoms. The molecule has 7 heteroatoms. The van der Waals surface area contributed by atoms with Crippen molar-refractivity contribution in [3.05, 3.63) is 29.8 Å². The van der Waals surface area contributed by atoms with E-state index in [2.05, 4.69) is 0 Å². The van der Waals surface area contributed by atoms with E-state index in [9.17, 15) is 13.2 Å². The number of carboxylic acid groups (broad SMARTS) is 1. The van der Waals surface area contributed by atoms with Crippen molar-refractivity contribution >= 4 is 16.0 Å². The number of nitriles is 1. The maximum atomic E-state index is 12.4. The van der Waals surface area contributed by atoms with Crippen LogP contribution in [0.1, 0.15) is 24.8 Å². The zero-order chi connectivity index (χ0) is 15.5. The summed E-state index contributed by atoms with van der Waals surface area (Å²) in [5, 5.41) is 17.4. The molecule has 1 aromatic carbocycles. The minimum absolute atomic E-state index is 0.0649. The van der Waals surface area contributed by atoms with Gasteiger partial charge in [0.2, 0.25) is 10.0 Å². The van der Waals surface area contributed by atoms with Gasteiger partial charge in [0.05, 0.1) is 16.5 Å². The third-order valence-electron chi connectivity index (χ3n) is 3.64. The molecule has 1 N–H and O–H groups in total. The molecule has 1 aromatic rings. The van der Waals surface area contributed by atoms with Gasteiger partial charge in [-0.25, -0.2) is 8.42 Å². The molecule has 0 aliphatic carbocycles. The topological polar surface area (TPSA) is 98.5 Å². The van der Waals surface area contributed by atoms with E-state index in [0.29, 0.717) is 31.5 Å². The first kappa shape index (κ1) is 15.5. The van der Waals surface area contributed by atoms with Gasteiger partial charge in [0.15, 0.2) is 0 Å². The Morgan fingerprint density at radius 2 is 2.05 bits per heavy atom. The Hall–Kier alpha value is -1.91. The van der Waals surface area contributed by atoms with Gasteiger partial charge in [-0.05, 0) is 43.0 Å². The van der Waals surface area contributed by atoms with Crippen LogP contribution in [-0.4, -0.2) is 36.9 Å². The second-order valence-electron chi connectivity index (χ2n) is 5.09. The Labute approximate surface area is 123 Å². The number of hydrogen-bond acceptors (Lipinski definition) is 4. The van der Waals surface area contributed by atoms with E-state index in [1.165, 1.54) is 28.6 Å². The molecule has 0 amide bonds. The number of carboxylic acids is 1. The molecule has 1 heterocycles. The van der Waals surface area contributed by atoms with Crippen LogP contribution in [0.5, 0.6) is 0 Å². The standard InChI is InChI=1S/C14H16N2O4S/c15-9-11-1-4-13(5-2-11)21(19,20)16-8-7-12(10-16)3-6-14(17)18/h1-2,4-5,12H,3,6-8,10H2,(H,17,18). The van der Waals surface area contributed by atoms with Crippen LogP contribution in [0.25, 0.3) is 0 Å². The molecule has 0 radical (unpaired) electrons. The van der Waals surface area contributed by atoms with E-state index < -0.39 is 16.0 Å². The lowest BCUT2D eigenvalue weighted by molar-refractivity contribution is -0.137. The number of carbonyl (C=O) groups is 1.